The highest BCUT2D eigenvalue weighted by molar-refractivity contribution is 7.84. The molecule has 0 aromatic carbocycles. The Bertz CT molecular complexity index is 372. The quantitative estimate of drug-likeness (QED) is 0.656. The molecule has 0 bridgehead atoms. The van der Waals surface area contributed by atoms with E-state index in [2.05, 4.69) is 27.7 Å². The Labute approximate surface area is 109 Å². The first-order chi connectivity index (χ1) is 7.79. The normalized spacial score (nSPS) is 23.2. The first kappa shape index (κ1) is 17.5. The number of rotatable bonds is 1. The fraction of sp³-hybridized carbons (Fsp3) is 0.909. The van der Waals surface area contributed by atoms with Crippen molar-refractivity contribution in [1.29, 1.82) is 0 Å². The van der Waals surface area contributed by atoms with E-state index in [0.29, 0.717) is 24.9 Å². The minimum absolute atomic E-state index is 0.104. The number of quaternary nitrogens is 1. The molecule has 1 aliphatic heterocycles. The van der Waals surface area contributed by atoms with Crippen LogP contribution in [0, 0.1) is 0 Å². The second kappa shape index (κ2) is 5.64. The van der Waals surface area contributed by atoms with Crippen molar-refractivity contribution >= 4 is 15.9 Å². The summed E-state index contributed by atoms with van der Waals surface area (Å²) in [6.07, 6.45) is 1.83. The Morgan fingerprint density at radius 3 is 1.67 bits per heavy atom. The van der Waals surface area contributed by atoms with Crippen LogP contribution in [0.4, 0.5) is 0 Å². The monoisotopic (exact) mass is 281 g/mol. The summed E-state index contributed by atoms with van der Waals surface area (Å²) in [5.74, 6) is 0.343. The van der Waals surface area contributed by atoms with Crippen molar-refractivity contribution in [2.45, 2.75) is 51.6 Å². The molecule has 6 nitrogen and oxygen atoms in total. The molecule has 0 atom stereocenters. The van der Waals surface area contributed by atoms with Gasteiger partial charge in [-0.2, -0.15) is 5.06 Å². The highest BCUT2D eigenvalue weighted by Gasteiger charge is 2.50. The molecular weight excluding hydrogens is 258 g/mol. The zero-order valence-corrected chi connectivity index (χ0v) is 12.7. The number of hydrogen-bond donors (Lipinski definition) is 1. The summed E-state index contributed by atoms with van der Waals surface area (Å²) in [5.41, 5.74) is -0.207. The number of hydroxylamine groups is 2. The molecule has 1 saturated heterocycles. The zero-order chi connectivity index (χ0) is 14.8. The van der Waals surface area contributed by atoms with Crippen LogP contribution < -0.4 is 5.06 Å². The molecular formula is C11H23NO5S. The largest absolute Gasteiger partial charge is 0.748 e. The van der Waals surface area contributed by atoms with Crippen LogP contribution in [0.1, 0.15) is 40.5 Å². The van der Waals surface area contributed by atoms with Crippen LogP contribution in [0.25, 0.3) is 0 Å². The molecule has 0 amide bonds. The van der Waals surface area contributed by atoms with E-state index in [-0.39, 0.29) is 11.1 Å². The van der Waals surface area contributed by atoms with Gasteiger partial charge in [-0.05, 0) is 27.7 Å². The maximum atomic E-state index is 11.5. The van der Waals surface area contributed by atoms with Gasteiger partial charge in [-0.15, -0.1) is 0 Å². The predicted octanol–water partition coefficient (Wildman–Crippen LogP) is -0.486. The minimum Gasteiger partial charge on any atom is -0.748 e. The molecule has 0 saturated carbocycles. The second-order valence-electron chi connectivity index (χ2n) is 5.90. The summed E-state index contributed by atoms with van der Waals surface area (Å²) in [4.78, 5) is 16.9. The highest BCUT2D eigenvalue weighted by Crippen LogP contribution is 2.20. The first-order valence-corrected chi connectivity index (χ1v) is 7.46. The van der Waals surface area contributed by atoms with Gasteiger partial charge in [0.15, 0.2) is 0 Å². The van der Waals surface area contributed by atoms with Gasteiger partial charge < -0.3 is 4.55 Å². The van der Waals surface area contributed by atoms with Gasteiger partial charge in [0.2, 0.25) is 0 Å². The molecule has 0 aromatic heterocycles. The van der Waals surface area contributed by atoms with E-state index in [4.69, 9.17) is 17.8 Å². The number of piperidine rings is 1. The summed E-state index contributed by atoms with van der Waals surface area (Å²) in [6.45, 7) is 8.30. The molecule has 1 heterocycles. The molecule has 0 unspecified atom stereocenters. The molecule has 1 fully saturated rings. The molecule has 1 N–H and O–H groups in total. The Hall–Kier alpha value is -0.500. The van der Waals surface area contributed by atoms with Crippen molar-refractivity contribution in [3.8, 4) is 0 Å². The van der Waals surface area contributed by atoms with Crippen molar-refractivity contribution in [3.63, 3.8) is 0 Å². The van der Waals surface area contributed by atoms with E-state index in [9.17, 15) is 4.79 Å². The molecule has 1 rings (SSSR count). The van der Waals surface area contributed by atoms with E-state index in [1.807, 2.05) is 0 Å². The van der Waals surface area contributed by atoms with E-state index in [1.54, 1.807) is 7.11 Å². The van der Waals surface area contributed by atoms with Gasteiger partial charge >= 0.3 is 0 Å². The lowest BCUT2D eigenvalue weighted by molar-refractivity contribution is -1.16. The minimum atomic E-state index is -3.92. The maximum absolute atomic E-state index is 11.5. The van der Waals surface area contributed by atoms with Crippen molar-refractivity contribution < 1.29 is 27.7 Å². The van der Waals surface area contributed by atoms with Crippen LogP contribution in [0.2, 0.25) is 0 Å². The van der Waals surface area contributed by atoms with Crippen LogP contribution in [0.3, 0.4) is 0 Å². The molecule has 1 aliphatic rings. The second-order valence-corrected chi connectivity index (χ2v) is 7.31. The molecule has 0 aliphatic carbocycles. The van der Waals surface area contributed by atoms with Crippen LogP contribution in [-0.2, 0) is 19.8 Å². The highest BCUT2D eigenvalue weighted by atomic mass is 32.2. The predicted molar refractivity (Wildman–Crippen MR) is 66.0 cm³/mol. The van der Waals surface area contributed by atoms with E-state index in [0.717, 1.165) is 5.06 Å². The van der Waals surface area contributed by atoms with Crippen LogP contribution in [-0.4, -0.2) is 43.2 Å². The molecule has 0 radical (unpaired) electrons. The lowest BCUT2D eigenvalue weighted by Crippen LogP contribution is -3.25. The summed E-state index contributed by atoms with van der Waals surface area (Å²) in [5, 5.41) is 1.06. The van der Waals surface area contributed by atoms with Crippen molar-refractivity contribution in [1.82, 2.24) is 0 Å². The molecule has 108 valence electrons. The number of carbonyl (C=O) groups is 1. The third kappa shape index (κ3) is 5.90. The topological polar surface area (TPSA) is 87.9 Å². The van der Waals surface area contributed by atoms with Crippen LogP contribution >= 0.6 is 0 Å². The van der Waals surface area contributed by atoms with Crippen LogP contribution in [0.15, 0.2) is 0 Å². The van der Waals surface area contributed by atoms with Gasteiger partial charge in [-0.25, -0.2) is 13.3 Å². The van der Waals surface area contributed by atoms with Crippen molar-refractivity contribution in [2.75, 3.05) is 13.4 Å². The van der Waals surface area contributed by atoms with Crippen LogP contribution in [0.5, 0.6) is 0 Å². The van der Waals surface area contributed by atoms with E-state index >= 15 is 0 Å². The fourth-order valence-electron chi connectivity index (χ4n) is 2.68. The van der Waals surface area contributed by atoms with Gasteiger partial charge in [0.1, 0.15) is 16.9 Å². The number of nitrogens with one attached hydrogen (secondary N) is 1. The SMILES string of the molecule is CO[NH+]1C(C)(C)CC(=O)CC1(C)C.CS(=O)(=O)[O-]. The first-order valence-electron chi connectivity index (χ1n) is 5.64. The summed E-state index contributed by atoms with van der Waals surface area (Å²) in [7, 11) is -2.21. The summed E-state index contributed by atoms with van der Waals surface area (Å²) >= 11 is 0. The summed E-state index contributed by atoms with van der Waals surface area (Å²) in [6, 6.07) is 0. The van der Waals surface area contributed by atoms with Crippen molar-refractivity contribution in [3.05, 3.63) is 0 Å². The lowest BCUT2D eigenvalue weighted by Gasteiger charge is -2.45. The average Bonchev–Trinajstić information content (AvgIpc) is 1.93. The number of carbonyl (C=O) groups excluding carboxylic acids is 1. The number of ketones is 1. The Morgan fingerprint density at radius 1 is 1.17 bits per heavy atom. The van der Waals surface area contributed by atoms with Gasteiger partial charge in [-0.1, -0.05) is 0 Å². The lowest BCUT2D eigenvalue weighted by atomic mass is 9.81. The van der Waals surface area contributed by atoms with Gasteiger partial charge in [0, 0.05) is 6.26 Å². The van der Waals surface area contributed by atoms with Gasteiger partial charge in [-0.3, -0.25) is 4.79 Å². The third-order valence-electron chi connectivity index (χ3n) is 2.71. The number of hydrogen-bond acceptors (Lipinski definition) is 5. The molecule has 18 heavy (non-hydrogen) atoms. The summed E-state index contributed by atoms with van der Waals surface area (Å²) < 4.78 is 27.2. The van der Waals surface area contributed by atoms with E-state index < -0.39 is 10.1 Å². The van der Waals surface area contributed by atoms with E-state index in [1.165, 1.54) is 0 Å². The van der Waals surface area contributed by atoms with Crippen molar-refractivity contribution in [2.24, 2.45) is 0 Å². The smallest absolute Gasteiger partial charge is 0.145 e. The zero-order valence-electron chi connectivity index (χ0n) is 11.9. The molecule has 0 aromatic rings. The van der Waals surface area contributed by atoms with Gasteiger partial charge in [0.05, 0.1) is 30.1 Å². The third-order valence-corrected chi connectivity index (χ3v) is 2.71. The standard InChI is InChI=1S/C10H19NO2.CH4O3S/c1-9(2)6-8(12)7-10(3,4)11(9)13-5;1-5(2,3)4/h6-7H2,1-5H3;1H3,(H,2,3,4). The molecule has 7 heteroatoms. The Morgan fingerprint density at radius 2 is 1.44 bits per heavy atom. The average molecular weight is 281 g/mol. The Balaban J connectivity index is 0.000000494. The van der Waals surface area contributed by atoms with Gasteiger partial charge in [0.25, 0.3) is 0 Å². The molecule has 0 spiro atoms. The Kier molecular flexibility index (Phi) is 5.49. The fourth-order valence-corrected chi connectivity index (χ4v) is 2.68. The maximum Gasteiger partial charge on any atom is 0.145 e. The number of Topliss-reactive ketones (excluding diaryl/α,β-unsaturated/α-hetero) is 1.